The minimum atomic E-state index is -0.668. The monoisotopic (exact) mass is 425 g/mol. The molecule has 0 radical (unpaired) electrons. The summed E-state index contributed by atoms with van der Waals surface area (Å²) < 4.78 is 11.3. The number of furan rings is 1. The van der Waals surface area contributed by atoms with E-state index in [1.54, 1.807) is 59.5 Å². The molecular weight excluding hydrogens is 413 g/mol. The zero-order valence-corrected chi connectivity index (χ0v) is 16.4. The Morgan fingerprint density at radius 2 is 1.79 bits per heavy atom. The fourth-order valence-electron chi connectivity index (χ4n) is 3.73. The Kier molecular flexibility index (Phi) is 4.23. The van der Waals surface area contributed by atoms with Crippen LogP contribution in [0.3, 0.4) is 0 Å². The largest absolute Gasteiger partial charge is 0.467 e. The molecule has 3 heterocycles. The van der Waals surface area contributed by atoms with Gasteiger partial charge in [0.2, 0.25) is 5.76 Å². The average molecular weight is 426 g/mol. The van der Waals surface area contributed by atoms with Gasteiger partial charge in [-0.15, -0.1) is 0 Å². The van der Waals surface area contributed by atoms with E-state index in [1.165, 1.54) is 6.26 Å². The highest BCUT2D eigenvalue weighted by atomic mass is 35.5. The first-order valence-electron chi connectivity index (χ1n) is 8.88. The van der Waals surface area contributed by atoms with Crippen LogP contribution in [0.2, 0.25) is 10.0 Å². The summed E-state index contributed by atoms with van der Waals surface area (Å²) in [7, 11) is 0. The Balaban J connectivity index is 1.76. The number of hydrogen-bond acceptors (Lipinski definition) is 4. The van der Waals surface area contributed by atoms with E-state index in [4.69, 9.17) is 32.0 Å². The second-order valence-corrected chi connectivity index (χ2v) is 7.57. The number of para-hydroxylation sites is 1. The second-order valence-electron chi connectivity index (χ2n) is 6.76. The standard InChI is InChI=1S/C22H13Cl2NO4/c23-15-8-7-12(10-16(15)24)19-18-20(26)14-5-1-2-6-17(14)29-21(18)22(27)25(19)11-13-4-3-9-28-13/h1-10,19H,11H2. The Labute approximate surface area is 175 Å². The number of fused-ring (bicyclic) bond motifs is 2. The molecule has 0 aliphatic carbocycles. The van der Waals surface area contributed by atoms with E-state index in [-0.39, 0.29) is 23.6 Å². The molecule has 144 valence electrons. The van der Waals surface area contributed by atoms with Crippen molar-refractivity contribution >= 4 is 40.1 Å². The van der Waals surface area contributed by atoms with Crippen LogP contribution in [-0.2, 0) is 6.54 Å². The summed E-state index contributed by atoms with van der Waals surface area (Å²) in [4.78, 5) is 28.1. The first-order valence-corrected chi connectivity index (χ1v) is 9.64. The lowest BCUT2D eigenvalue weighted by molar-refractivity contribution is 0.0701. The molecule has 0 fully saturated rings. The quantitative estimate of drug-likeness (QED) is 0.438. The Morgan fingerprint density at radius 1 is 0.966 bits per heavy atom. The van der Waals surface area contributed by atoms with Gasteiger partial charge in [-0.2, -0.15) is 0 Å². The lowest BCUT2D eigenvalue weighted by Crippen LogP contribution is -2.29. The molecule has 7 heteroatoms. The molecule has 0 spiro atoms. The molecule has 0 saturated carbocycles. The van der Waals surface area contributed by atoms with Crippen LogP contribution in [0.5, 0.6) is 0 Å². The molecule has 0 bridgehead atoms. The normalized spacial score (nSPS) is 15.9. The van der Waals surface area contributed by atoms with Crippen molar-refractivity contribution in [3.05, 3.63) is 104 Å². The maximum atomic E-state index is 13.3. The lowest BCUT2D eigenvalue weighted by Gasteiger charge is -2.24. The van der Waals surface area contributed by atoms with E-state index in [0.29, 0.717) is 37.9 Å². The number of halogens is 2. The first kappa shape index (κ1) is 18.0. The molecule has 5 rings (SSSR count). The molecule has 1 aliphatic rings. The van der Waals surface area contributed by atoms with Gasteiger partial charge >= 0.3 is 0 Å². The van der Waals surface area contributed by atoms with Gasteiger partial charge in [0, 0.05) is 0 Å². The van der Waals surface area contributed by atoms with Gasteiger partial charge in [-0.3, -0.25) is 9.59 Å². The zero-order chi connectivity index (χ0) is 20.1. The number of rotatable bonds is 3. The van der Waals surface area contributed by atoms with E-state index >= 15 is 0 Å². The summed E-state index contributed by atoms with van der Waals surface area (Å²) in [6.07, 6.45) is 1.54. The van der Waals surface area contributed by atoms with Gasteiger partial charge in [0.15, 0.2) is 5.43 Å². The fraction of sp³-hybridized carbons (Fsp3) is 0.0909. The van der Waals surface area contributed by atoms with E-state index in [9.17, 15) is 9.59 Å². The SMILES string of the molecule is O=C1c2oc3ccccc3c(=O)c2C(c2ccc(Cl)c(Cl)c2)N1Cc1ccco1. The van der Waals surface area contributed by atoms with Crippen LogP contribution >= 0.6 is 23.2 Å². The van der Waals surface area contributed by atoms with Gasteiger partial charge in [0.1, 0.15) is 11.3 Å². The van der Waals surface area contributed by atoms with Crippen molar-refractivity contribution in [1.29, 1.82) is 0 Å². The molecule has 5 nitrogen and oxygen atoms in total. The predicted molar refractivity (Wildman–Crippen MR) is 109 cm³/mol. The number of benzene rings is 2. The van der Waals surface area contributed by atoms with E-state index < -0.39 is 6.04 Å². The fourth-order valence-corrected chi connectivity index (χ4v) is 4.04. The Bertz CT molecular complexity index is 1310. The third kappa shape index (κ3) is 2.85. The summed E-state index contributed by atoms with van der Waals surface area (Å²) in [5, 5.41) is 1.15. The van der Waals surface area contributed by atoms with Crippen LogP contribution < -0.4 is 5.43 Å². The third-order valence-electron chi connectivity index (χ3n) is 5.04. The van der Waals surface area contributed by atoms with Crippen LogP contribution in [0.25, 0.3) is 11.0 Å². The minimum Gasteiger partial charge on any atom is -0.467 e. The van der Waals surface area contributed by atoms with Crippen molar-refractivity contribution in [3.8, 4) is 0 Å². The molecule has 0 saturated heterocycles. The highest BCUT2D eigenvalue weighted by molar-refractivity contribution is 6.42. The van der Waals surface area contributed by atoms with Crippen molar-refractivity contribution in [2.75, 3.05) is 0 Å². The molecule has 1 aliphatic heterocycles. The number of carbonyl (C=O) groups is 1. The zero-order valence-electron chi connectivity index (χ0n) is 14.9. The van der Waals surface area contributed by atoms with E-state index in [2.05, 4.69) is 0 Å². The number of carbonyl (C=O) groups excluding carboxylic acids is 1. The van der Waals surface area contributed by atoms with Gasteiger partial charge in [0.05, 0.1) is 39.8 Å². The van der Waals surface area contributed by atoms with Crippen LogP contribution in [-0.4, -0.2) is 10.8 Å². The summed E-state index contributed by atoms with van der Waals surface area (Å²) in [6, 6.07) is 14.8. The van der Waals surface area contributed by atoms with Crippen molar-refractivity contribution in [3.63, 3.8) is 0 Å². The molecule has 0 N–H and O–H groups in total. The predicted octanol–water partition coefficient (Wildman–Crippen LogP) is 5.44. The Hall–Kier alpha value is -3.02. The minimum absolute atomic E-state index is 0.0383. The topological polar surface area (TPSA) is 63.7 Å². The average Bonchev–Trinajstić information content (AvgIpc) is 3.32. The Morgan fingerprint density at radius 3 is 2.55 bits per heavy atom. The smallest absolute Gasteiger partial charge is 0.291 e. The van der Waals surface area contributed by atoms with Gasteiger partial charge < -0.3 is 13.7 Å². The van der Waals surface area contributed by atoms with Crippen LogP contribution in [0.1, 0.15) is 33.5 Å². The van der Waals surface area contributed by atoms with Gasteiger partial charge in [-0.25, -0.2) is 0 Å². The van der Waals surface area contributed by atoms with Crippen LogP contribution in [0.4, 0.5) is 0 Å². The van der Waals surface area contributed by atoms with Crippen molar-refractivity contribution < 1.29 is 13.6 Å². The second kappa shape index (κ2) is 6.79. The maximum Gasteiger partial charge on any atom is 0.291 e. The molecule has 1 unspecified atom stereocenters. The number of hydrogen-bond donors (Lipinski definition) is 0. The number of nitrogens with zero attached hydrogens (tertiary/aromatic N) is 1. The molecule has 1 amide bonds. The molecule has 2 aromatic carbocycles. The van der Waals surface area contributed by atoms with Crippen molar-refractivity contribution in [2.45, 2.75) is 12.6 Å². The van der Waals surface area contributed by atoms with E-state index in [0.717, 1.165) is 0 Å². The van der Waals surface area contributed by atoms with Gasteiger partial charge in [0.25, 0.3) is 5.91 Å². The first-order chi connectivity index (χ1) is 14.0. The van der Waals surface area contributed by atoms with Crippen LogP contribution in [0.15, 0.2) is 74.5 Å². The van der Waals surface area contributed by atoms with Crippen molar-refractivity contribution in [1.82, 2.24) is 4.90 Å². The summed E-state index contributed by atoms with van der Waals surface area (Å²) in [5.74, 6) is 0.250. The third-order valence-corrected chi connectivity index (χ3v) is 5.78. The van der Waals surface area contributed by atoms with E-state index in [1.807, 2.05) is 0 Å². The molecule has 2 aromatic heterocycles. The number of amides is 1. The maximum absolute atomic E-state index is 13.3. The lowest BCUT2D eigenvalue weighted by atomic mass is 9.98. The molecule has 29 heavy (non-hydrogen) atoms. The summed E-state index contributed by atoms with van der Waals surface area (Å²) >= 11 is 12.3. The summed E-state index contributed by atoms with van der Waals surface area (Å²) in [6.45, 7) is 0.177. The highest BCUT2D eigenvalue weighted by Gasteiger charge is 2.43. The summed E-state index contributed by atoms with van der Waals surface area (Å²) in [5.41, 5.74) is 1.09. The van der Waals surface area contributed by atoms with Gasteiger partial charge in [-0.05, 0) is 42.0 Å². The molecular formula is C22H13Cl2NO4. The van der Waals surface area contributed by atoms with Crippen molar-refractivity contribution in [2.24, 2.45) is 0 Å². The highest BCUT2D eigenvalue weighted by Crippen LogP contribution is 2.40. The molecule has 1 atom stereocenters. The van der Waals surface area contributed by atoms with Gasteiger partial charge in [-0.1, -0.05) is 41.4 Å². The molecule has 4 aromatic rings. The van der Waals surface area contributed by atoms with Crippen LogP contribution in [0, 0.1) is 0 Å².